The molecule has 1 aliphatic carbocycles. The molecule has 1 aromatic carbocycles. The lowest BCUT2D eigenvalue weighted by Gasteiger charge is -2.28. The second-order valence-corrected chi connectivity index (χ2v) is 6.35. The van der Waals surface area contributed by atoms with E-state index in [1.807, 2.05) is 0 Å². The van der Waals surface area contributed by atoms with Crippen molar-refractivity contribution in [1.82, 2.24) is 4.90 Å². The highest BCUT2D eigenvalue weighted by atomic mass is 79.9. The van der Waals surface area contributed by atoms with Crippen LogP contribution in [0.1, 0.15) is 36.0 Å². The van der Waals surface area contributed by atoms with E-state index in [1.54, 1.807) is 11.0 Å². The molecule has 0 bridgehead atoms. The Balaban J connectivity index is 2.24. The molecule has 1 aliphatic rings. The highest BCUT2D eigenvalue weighted by Crippen LogP contribution is 2.25. The molecule has 0 aromatic heterocycles. The van der Waals surface area contributed by atoms with Gasteiger partial charge in [-0.3, -0.25) is 4.79 Å². The summed E-state index contributed by atoms with van der Waals surface area (Å²) in [6.45, 7) is 0.247. The van der Waals surface area contributed by atoms with Gasteiger partial charge in [0.1, 0.15) is 5.82 Å². The van der Waals surface area contributed by atoms with Crippen LogP contribution in [0.3, 0.4) is 0 Å². The quantitative estimate of drug-likeness (QED) is 0.840. The van der Waals surface area contributed by atoms with Crippen molar-refractivity contribution in [1.29, 1.82) is 0 Å². The number of hydrogen-bond acceptors (Lipinski definition) is 2. The summed E-state index contributed by atoms with van der Waals surface area (Å²) in [5, 5.41) is 0. The highest BCUT2D eigenvalue weighted by Gasteiger charge is 2.28. The number of halogens is 2. The Morgan fingerprint density at radius 2 is 2.10 bits per heavy atom. The van der Waals surface area contributed by atoms with Crippen molar-refractivity contribution in [3.63, 3.8) is 0 Å². The summed E-state index contributed by atoms with van der Waals surface area (Å²) in [5.74, 6) is -0.659. The van der Waals surface area contributed by atoms with E-state index in [2.05, 4.69) is 15.9 Å². The lowest BCUT2D eigenvalue weighted by atomic mass is 10.1. The van der Waals surface area contributed by atoms with E-state index >= 15 is 0 Å². The molecular formula is C14H16BrFN2OS. The SMILES string of the molecule is NC(=S)CN(C(=O)c1ccc(Br)c(F)c1)C1CCCC1. The normalized spacial score (nSPS) is 15.3. The van der Waals surface area contributed by atoms with E-state index in [0.717, 1.165) is 25.7 Å². The fourth-order valence-electron chi connectivity index (χ4n) is 2.55. The smallest absolute Gasteiger partial charge is 0.254 e. The Hall–Kier alpha value is -1.01. The standard InChI is InChI=1S/C14H16BrFN2OS/c15-11-6-5-9(7-12(11)16)14(19)18(8-13(17)20)10-3-1-2-4-10/h5-7,10H,1-4,8H2,(H2,17,20). The van der Waals surface area contributed by atoms with Crippen LogP contribution in [0.2, 0.25) is 0 Å². The third-order valence-electron chi connectivity index (χ3n) is 3.52. The van der Waals surface area contributed by atoms with E-state index in [1.165, 1.54) is 12.1 Å². The van der Waals surface area contributed by atoms with Crippen molar-refractivity contribution in [2.45, 2.75) is 31.7 Å². The molecule has 0 heterocycles. The first-order valence-corrected chi connectivity index (χ1v) is 7.73. The number of rotatable bonds is 4. The summed E-state index contributed by atoms with van der Waals surface area (Å²) >= 11 is 8.01. The van der Waals surface area contributed by atoms with Gasteiger partial charge in [-0.25, -0.2) is 4.39 Å². The van der Waals surface area contributed by atoms with Gasteiger partial charge in [-0.05, 0) is 47.0 Å². The van der Waals surface area contributed by atoms with Crippen LogP contribution in [0.5, 0.6) is 0 Å². The van der Waals surface area contributed by atoms with Gasteiger partial charge in [-0.2, -0.15) is 0 Å². The molecule has 0 radical (unpaired) electrons. The van der Waals surface area contributed by atoms with Gasteiger partial charge in [0.05, 0.1) is 16.0 Å². The van der Waals surface area contributed by atoms with Crippen LogP contribution in [-0.4, -0.2) is 28.4 Å². The zero-order valence-corrected chi connectivity index (χ0v) is 13.3. The maximum absolute atomic E-state index is 13.6. The molecule has 0 aliphatic heterocycles. The van der Waals surface area contributed by atoms with Crippen LogP contribution in [-0.2, 0) is 0 Å². The van der Waals surface area contributed by atoms with Gasteiger partial charge >= 0.3 is 0 Å². The molecule has 0 atom stereocenters. The fraction of sp³-hybridized carbons (Fsp3) is 0.429. The molecule has 0 unspecified atom stereocenters. The summed E-state index contributed by atoms with van der Waals surface area (Å²) < 4.78 is 13.9. The topological polar surface area (TPSA) is 46.3 Å². The zero-order chi connectivity index (χ0) is 14.7. The maximum atomic E-state index is 13.6. The summed E-state index contributed by atoms with van der Waals surface area (Å²) in [5.41, 5.74) is 5.91. The number of carbonyl (C=O) groups is 1. The zero-order valence-electron chi connectivity index (χ0n) is 10.9. The molecule has 3 nitrogen and oxygen atoms in total. The first-order valence-electron chi connectivity index (χ1n) is 6.53. The van der Waals surface area contributed by atoms with Crippen LogP contribution in [0.15, 0.2) is 22.7 Å². The number of nitrogens with zero attached hydrogens (tertiary/aromatic N) is 1. The second-order valence-electron chi connectivity index (χ2n) is 4.97. The fourth-order valence-corrected chi connectivity index (χ4v) is 2.93. The molecule has 2 rings (SSSR count). The molecule has 1 amide bonds. The maximum Gasteiger partial charge on any atom is 0.254 e. The molecule has 108 valence electrons. The van der Waals surface area contributed by atoms with E-state index in [9.17, 15) is 9.18 Å². The highest BCUT2D eigenvalue weighted by molar-refractivity contribution is 9.10. The van der Waals surface area contributed by atoms with Crippen LogP contribution in [0, 0.1) is 5.82 Å². The van der Waals surface area contributed by atoms with Crippen molar-refractivity contribution in [3.05, 3.63) is 34.1 Å². The largest absolute Gasteiger partial charge is 0.392 e. The molecule has 1 fully saturated rings. The molecule has 6 heteroatoms. The molecule has 0 saturated heterocycles. The minimum atomic E-state index is -0.447. The minimum Gasteiger partial charge on any atom is -0.392 e. The molecule has 20 heavy (non-hydrogen) atoms. The second kappa shape index (κ2) is 6.63. The first-order chi connectivity index (χ1) is 9.49. The van der Waals surface area contributed by atoms with Crippen molar-refractivity contribution >= 4 is 39.0 Å². The van der Waals surface area contributed by atoms with Crippen molar-refractivity contribution in [2.24, 2.45) is 5.73 Å². The van der Waals surface area contributed by atoms with E-state index in [4.69, 9.17) is 18.0 Å². The number of benzene rings is 1. The number of amides is 1. The summed E-state index contributed by atoms with van der Waals surface area (Å²) in [7, 11) is 0. The predicted molar refractivity (Wildman–Crippen MR) is 84.2 cm³/mol. The molecule has 1 aromatic rings. The lowest BCUT2D eigenvalue weighted by molar-refractivity contribution is 0.0714. The number of hydrogen-bond donors (Lipinski definition) is 1. The van der Waals surface area contributed by atoms with Gasteiger partial charge in [-0.15, -0.1) is 0 Å². The van der Waals surface area contributed by atoms with Crippen LogP contribution in [0.25, 0.3) is 0 Å². The average molecular weight is 359 g/mol. The predicted octanol–water partition coefficient (Wildman–Crippen LogP) is 3.26. The van der Waals surface area contributed by atoms with Crippen molar-refractivity contribution in [2.75, 3.05) is 6.54 Å². The first kappa shape index (κ1) is 15.4. The third kappa shape index (κ3) is 3.55. The Bertz CT molecular complexity index is 532. The molecular weight excluding hydrogens is 343 g/mol. The van der Waals surface area contributed by atoms with Crippen molar-refractivity contribution < 1.29 is 9.18 Å². The number of nitrogens with two attached hydrogens (primary N) is 1. The number of carbonyl (C=O) groups excluding carboxylic acids is 1. The van der Waals surface area contributed by atoms with Crippen LogP contribution >= 0.6 is 28.1 Å². The summed E-state index contributed by atoms with van der Waals surface area (Å²) in [6.07, 6.45) is 4.10. The van der Waals surface area contributed by atoms with Crippen LogP contribution < -0.4 is 5.73 Å². The lowest BCUT2D eigenvalue weighted by Crippen LogP contribution is -2.43. The molecule has 1 saturated carbocycles. The Kier molecular flexibility index (Phi) is 5.10. The van der Waals surface area contributed by atoms with Crippen molar-refractivity contribution in [3.8, 4) is 0 Å². The van der Waals surface area contributed by atoms with Gasteiger partial charge in [0.25, 0.3) is 5.91 Å². The number of thiocarbonyl (C=S) groups is 1. The minimum absolute atomic E-state index is 0.149. The van der Waals surface area contributed by atoms with E-state index in [-0.39, 0.29) is 23.5 Å². The van der Waals surface area contributed by atoms with Gasteiger partial charge in [-0.1, -0.05) is 25.1 Å². The molecule has 2 N–H and O–H groups in total. The summed E-state index contributed by atoms with van der Waals surface area (Å²) in [6, 6.07) is 4.54. The average Bonchev–Trinajstić information content (AvgIpc) is 2.92. The van der Waals surface area contributed by atoms with Crippen LogP contribution in [0.4, 0.5) is 4.39 Å². The third-order valence-corrected chi connectivity index (χ3v) is 4.29. The molecule has 0 spiro atoms. The Morgan fingerprint density at radius 3 is 2.65 bits per heavy atom. The Morgan fingerprint density at radius 1 is 1.45 bits per heavy atom. The van der Waals surface area contributed by atoms with Gasteiger partial charge in [0, 0.05) is 11.6 Å². The summed E-state index contributed by atoms with van der Waals surface area (Å²) in [4.78, 5) is 14.5. The Labute approximate surface area is 131 Å². The van der Waals surface area contributed by atoms with Gasteiger partial charge in [0.2, 0.25) is 0 Å². The van der Waals surface area contributed by atoms with Gasteiger partial charge in [0.15, 0.2) is 0 Å². The van der Waals surface area contributed by atoms with E-state index in [0.29, 0.717) is 10.0 Å². The monoisotopic (exact) mass is 358 g/mol. The van der Waals surface area contributed by atoms with Gasteiger partial charge < -0.3 is 10.6 Å². The van der Waals surface area contributed by atoms with E-state index < -0.39 is 5.82 Å².